The minimum atomic E-state index is -0.595. The van der Waals surface area contributed by atoms with Crippen LogP contribution in [0.1, 0.15) is 39.3 Å². The lowest BCUT2D eigenvalue weighted by Gasteiger charge is -2.35. The maximum Gasteiger partial charge on any atom is 0.337 e. The van der Waals surface area contributed by atoms with Crippen LogP contribution in [0.5, 0.6) is 5.75 Å². The van der Waals surface area contributed by atoms with Crippen LogP contribution in [0, 0.1) is 18.8 Å². The fourth-order valence-electron chi connectivity index (χ4n) is 4.42. The van der Waals surface area contributed by atoms with Crippen molar-refractivity contribution in [2.75, 3.05) is 20.2 Å². The third kappa shape index (κ3) is 4.16. The van der Waals surface area contributed by atoms with Crippen molar-refractivity contribution in [3.05, 3.63) is 59.4 Å². The Morgan fingerprint density at radius 3 is 2.33 bits per heavy atom. The number of hydrogen-bond acceptors (Lipinski definition) is 6. The van der Waals surface area contributed by atoms with Gasteiger partial charge in [0.2, 0.25) is 0 Å². The average Bonchev–Trinajstić information content (AvgIpc) is 3.16. The Balaban J connectivity index is 1.39. The molecule has 1 saturated carbocycles. The maximum absolute atomic E-state index is 12.8. The second-order valence-corrected chi connectivity index (χ2v) is 8.13. The van der Waals surface area contributed by atoms with E-state index in [0.29, 0.717) is 42.8 Å². The number of pyridine rings is 1. The molecule has 1 aliphatic carbocycles. The van der Waals surface area contributed by atoms with Gasteiger partial charge in [0.1, 0.15) is 11.9 Å². The van der Waals surface area contributed by atoms with E-state index in [1.165, 1.54) is 7.11 Å². The van der Waals surface area contributed by atoms with Crippen LogP contribution in [0.25, 0.3) is 0 Å². The lowest BCUT2D eigenvalue weighted by molar-refractivity contribution is -0.0231. The van der Waals surface area contributed by atoms with E-state index >= 15 is 0 Å². The van der Waals surface area contributed by atoms with Crippen molar-refractivity contribution >= 4 is 11.9 Å². The Hall–Kier alpha value is -2.93. The van der Waals surface area contributed by atoms with E-state index in [9.17, 15) is 14.7 Å². The molecule has 4 atom stereocenters. The molecule has 1 aliphatic heterocycles. The van der Waals surface area contributed by atoms with Crippen molar-refractivity contribution in [2.45, 2.75) is 32.0 Å². The molecule has 0 unspecified atom stereocenters. The van der Waals surface area contributed by atoms with Gasteiger partial charge >= 0.3 is 5.97 Å². The van der Waals surface area contributed by atoms with E-state index < -0.39 is 12.1 Å². The first-order chi connectivity index (χ1) is 14.4. The predicted octanol–water partition coefficient (Wildman–Crippen LogP) is 2.47. The van der Waals surface area contributed by atoms with E-state index in [1.54, 1.807) is 30.5 Å². The minimum absolute atomic E-state index is 0.0118. The number of nitrogens with zero attached hydrogens (tertiary/aromatic N) is 2. The van der Waals surface area contributed by atoms with Crippen LogP contribution >= 0.6 is 0 Å². The molecule has 2 fully saturated rings. The highest BCUT2D eigenvalue weighted by Gasteiger charge is 2.44. The minimum Gasteiger partial charge on any atom is -0.488 e. The number of ether oxygens (including phenoxy) is 2. The van der Waals surface area contributed by atoms with Crippen LogP contribution in [0.4, 0.5) is 0 Å². The van der Waals surface area contributed by atoms with Crippen molar-refractivity contribution in [3.8, 4) is 5.75 Å². The summed E-state index contributed by atoms with van der Waals surface area (Å²) in [6.07, 6.45) is 1.97. The Labute approximate surface area is 175 Å². The summed E-state index contributed by atoms with van der Waals surface area (Å²) < 4.78 is 10.7. The van der Waals surface area contributed by atoms with Gasteiger partial charge < -0.3 is 19.5 Å². The zero-order valence-corrected chi connectivity index (χ0v) is 17.2. The van der Waals surface area contributed by atoms with Gasteiger partial charge in [0.15, 0.2) is 0 Å². The summed E-state index contributed by atoms with van der Waals surface area (Å²) in [6, 6.07) is 10.4. The predicted molar refractivity (Wildman–Crippen MR) is 109 cm³/mol. The van der Waals surface area contributed by atoms with Crippen molar-refractivity contribution in [1.82, 2.24) is 9.88 Å². The normalized spacial score (nSPS) is 25.5. The Bertz CT molecular complexity index is 912. The molecule has 0 bridgehead atoms. The molecule has 2 heterocycles. The van der Waals surface area contributed by atoms with Crippen molar-refractivity contribution in [2.24, 2.45) is 11.8 Å². The molecule has 158 valence electrons. The molecule has 7 heteroatoms. The molecular formula is C23H26N2O5. The third-order valence-corrected chi connectivity index (χ3v) is 6.09. The Morgan fingerprint density at radius 1 is 1.03 bits per heavy atom. The number of benzene rings is 1. The summed E-state index contributed by atoms with van der Waals surface area (Å²) >= 11 is 0. The maximum atomic E-state index is 12.8. The SMILES string of the molecule is COC(=O)c1ccc(O[C@H]2C[C@@H]3CN(C(=O)c4ccc(C)nc4)C[C@@H]3C[C@@H]2O)cc1. The summed E-state index contributed by atoms with van der Waals surface area (Å²) in [6.45, 7) is 3.20. The first-order valence-electron chi connectivity index (χ1n) is 10.2. The van der Waals surface area contributed by atoms with Crippen LogP contribution < -0.4 is 4.74 Å². The van der Waals surface area contributed by atoms with E-state index in [-0.39, 0.29) is 23.8 Å². The number of likely N-dealkylation sites (tertiary alicyclic amines) is 1. The Kier molecular flexibility index (Phi) is 5.72. The van der Waals surface area contributed by atoms with Crippen molar-refractivity contribution in [3.63, 3.8) is 0 Å². The average molecular weight is 410 g/mol. The number of aliphatic hydroxyl groups excluding tert-OH is 1. The zero-order chi connectivity index (χ0) is 21.3. The highest BCUT2D eigenvalue weighted by Crippen LogP contribution is 2.38. The quantitative estimate of drug-likeness (QED) is 0.779. The highest BCUT2D eigenvalue weighted by molar-refractivity contribution is 5.94. The molecule has 0 spiro atoms. The third-order valence-electron chi connectivity index (χ3n) is 6.09. The number of aliphatic hydroxyl groups is 1. The number of aryl methyl sites for hydroxylation is 1. The molecule has 1 amide bonds. The number of carbonyl (C=O) groups excluding carboxylic acids is 2. The van der Waals surface area contributed by atoms with Gasteiger partial charge in [0, 0.05) is 25.0 Å². The van der Waals surface area contributed by atoms with Gasteiger partial charge in [0.25, 0.3) is 5.91 Å². The molecule has 30 heavy (non-hydrogen) atoms. The standard InChI is InChI=1S/C23H26N2O5/c1-14-3-4-16(11-24-14)22(27)25-12-17-9-20(26)21(10-18(17)13-25)30-19-7-5-15(6-8-19)23(28)29-2/h3-8,11,17-18,20-21,26H,9-10,12-13H2,1-2H3/t17-,18+,20-,21-/m0/s1. The second kappa shape index (κ2) is 8.44. The fourth-order valence-corrected chi connectivity index (χ4v) is 4.42. The number of carbonyl (C=O) groups is 2. The number of esters is 1. The van der Waals surface area contributed by atoms with Gasteiger partial charge in [-0.15, -0.1) is 0 Å². The van der Waals surface area contributed by atoms with Gasteiger partial charge in [0.05, 0.1) is 24.3 Å². The van der Waals surface area contributed by atoms with Gasteiger partial charge in [-0.1, -0.05) is 0 Å². The van der Waals surface area contributed by atoms with Gasteiger partial charge in [-0.3, -0.25) is 9.78 Å². The van der Waals surface area contributed by atoms with E-state index in [2.05, 4.69) is 4.98 Å². The van der Waals surface area contributed by atoms with Crippen LogP contribution in [-0.4, -0.2) is 59.3 Å². The van der Waals surface area contributed by atoms with Crippen LogP contribution in [0.2, 0.25) is 0 Å². The molecule has 1 aromatic heterocycles. The monoisotopic (exact) mass is 410 g/mol. The van der Waals surface area contributed by atoms with E-state index in [0.717, 1.165) is 5.69 Å². The second-order valence-electron chi connectivity index (χ2n) is 8.13. The lowest BCUT2D eigenvalue weighted by Crippen LogP contribution is -2.42. The number of rotatable bonds is 4. The first-order valence-corrected chi connectivity index (χ1v) is 10.2. The fraction of sp³-hybridized carbons (Fsp3) is 0.435. The largest absolute Gasteiger partial charge is 0.488 e. The summed E-state index contributed by atoms with van der Waals surface area (Å²) in [7, 11) is 1.34. The molecule has 7 nitrogen and oxygen atoms in total. The number of methoxy groups -OCH3 is 1. The summed E-state index contributed by atoms with van der Waals surface area (Å²) in [5.41, 5.74) is 1.92. The molecule has 4 rings (SSSR count). The van der Waals surface area contributed by atoms with Crippen molar-refractivity contribution in [1.29, 1.82) is 0 Å². The molecule has 0 radical (unpaired) electrons. The number of amides is 1. The van der Waals surface area contributed by atoms with Crippen LogP contribution in [0.3, 0.4) is 0 Å². The highest BCUT2D eigenvalue weighted by atomic mass is 16.5. The zero-order valence-electron chi connectivity index (χ0n) is 17.2. The number of hydrogen-bond donors (Lipinski definition) is 1. The molecule has 1 N–H and O–H groups in total. The number of aromatic nitrogens is 1. The first kappa shape index (κ1) is 20.3. The molecule has 2 aromatic rings. The van der Waals surface area contributed by atoms with E-state index in [4.69, 9.17) is 9.47 Å². The summed E-state index contributed by atoms with van der Waals surface area (Å²) in [4.78, 5) is 30.5. The lowest BCUT2D eigenvalue weighted by atomic mass is 9.78. The topological polar surface area (TPSA) is 89.0 Å². The molecular weight excluding hydrogens is 384 g/mol. The summed E-state index contributed by atoms with van der Waals surface area (Å²) in [5, 5.41) is 10.6. The van der Waals surface area contributed by atoms with Crippen LogP contribution in [0.15, 0.2) is 42.6 Å². The van der Waals surface area contributed by atoms with E-state index in [1.807, 2.05) is 24.0 Å². The Morgan fingerprint density at radius 2 is 1.70 bits per heavy atom. The van der Waals surface area contributed by atoms with Crippen molar-refractivity contribution < 1.29 is 24.2 Å². The molecule has 1 saturated heterocycles. The van der Waals surface area contributed by atoms with Gasteiger partial charge in [-0.2, -0.15) is 0 Å². The van der Waals surface area contributed by atoms with Gasteiger partial charge in [-0.25, -0.2) is 4.79 Å². The van der Waals surface area contributed by atoms with Crippen LogP contribution in [-0.2, 0) is 4.74 Å². The van der Waals surface area contributed by atoms with Gasteiger partial charge in [-0.05, 0) is 68.0 Å². The summed E-state index contributed by atoms with van der Waals surface area (Å²) in [5.74, 6) is 0.740. The smallest absolute Gasteiger partial charge is 0.337 e. The molecule has 1 aromatic carbocycles. The molecule has 2 aliphatic rings. The number of fused-ring (bicyclic) bond motifs is 1.